The van der Waals surface area contributed by atoms with E-state index in [0.29, 0.717) is 19.0 Å². The SMILES string of the molecule is CC(C1CCCCN1CCc1ccc([N+](=O)[O-])cc1)N1CCc2cc3c(cc2CC1=O)OCO3.Cl. The molecule has 0 aromatic heterocycles. The molecule has 3 heterocycles. The highest BCUT2D eigenvalue weighted by atomic mass is 35.5. The van der Waals surface area contributed by atoms with E-state index in [1.54, 1.807) is 12.1 Å². The molecule has 0 radical (unpaired) electrons. The number of nitro groups is 1. The molecule has 2 aromatic carbocycles. The highest BCUT2D eigenvalue weighted by Gasteiger charge is 2.34. The first-order valence-corrected chi connectivity index (χ1v) is 12.2. The van der Waals surface area contributed by atoms with Crippen molar-refractivity contribution in [2.24, 2.45) is 0 Å². The molecule has 3 aliphatic heterocycles. The lowest BCUT2D eigenvalue weighted by Gasteiger charge is -2.43. The molecule has 2 atom stereocenters. The standard InChI is InChI=1S/C26H31N3O5.ClH/c1-18(28-13-10-20-14-24-25(34-17-33-24)15-21(20)16-26(28)30)23-4-2-3-11-27(23)12-9-19-5-7-22(8-6-19)29(31)32;/h5-8,14-15,18,23H,2-4,9-13,16-17H2,1H3;1H. The van der Waals surface area contributed by atoms with Gasteiger partial charge in [-0.05, 0) is 68.0 Å². The van der Waals surface area contributed by atoms with Crippen molar-refractivity contribution in [1.29, 1.82) is 0 Å². The number of nitrogens with zero attached hydrogens (tertiary/aromatic N) is 3. The summed E-state index contributed by atoms with van der Waals surface area (Å²) in [5.41, 5.74) is 3.44. The summed E-state index contributed by atoms with van der Waals surface area (Å²) in [6.45, 7) is 5.04. The molecule has 1 saturated heterocycles. The van der Waals surface area contributed by atoms with Crippen LogP contribution in [-0.4, -0.2) is 59.1 Å². The molecule has 9 heteroatoms. The van der Waals surface area contributed by atoms with Crippen LogP contribution in [0.3, 0.4) is 0 Å². The Morgan fingerprint density at radius 1 is 1.09 bits per heavy atom. The van der Waals surface area contributed by atoms with E-state index in [4.69, 9.17) is 9.47 Å². The monoisotopic (exact) mass is 501 g/mol. The third kappa shape index (κ3) is 5.38. The smallest absolute Gasteiger partial charge is 0.269 e. The summed E-state index contributed by atoms with van der Waals surface area (Å²) >= 11 is 0. The average Bonchev–Trinajstić information content (AvgIpc) is 3.23. The number of carbonyl (C=O) groups is 1. The molecule has 0 saturated carbocycles. The van der Waals surface area contributed by atoms with Crippen LogP contribution >= 0.6 is 12.4 Å². The van der Waals surface area contributed by atoms with Gasteiger partial charge in [0.25, 0.3) is 5.69 Å². The van der Waals surface area contributed by atoms with Crippen LogP contribution in [0.25, 0.3) is 0 Å². The summed E-state index contributed by atoms with van der Waals surface area (Å²) in [5, 5.41) is 10.9. The van der Waals surface area contributed by atoms with Gasteiger partial charge in [-0.1, -0.05) is 18.6 Å². The van der Waals surface area contributed by atoms with Crippen molar-refractivity contribution in [3.05, 3.63) is 63.2 Å². The predicted molar refractivity (Wildman–Crippen MR) is 134 cm³/mol. The third-order valence-corrected chi connectivity index (χ3v) is 7.53. The molecule has 8 nitrogen and oxygen atoms in total. The normalized spacial score (nSPS) is 20.5. The van der Waals surface area contributed by atoms with E-state index in [1.807, 2.05) is 24.3 Å². The summed E-state index contributed by atoms with van der Waals surface area (Å²) in [6, 6.07) is 11.3. The second-order valence-electron chi connectivity index (χ2n) is 9.50. The molecule has 1 fully saturated rings. The number of fused-ring (bicyclic) bond motifs is 2. The molecule has 5 rings (SSSR count). The van der Waals surface area contributed by atoms with Gasteiger partial charge in [-0.25, -0.2) is 0 Å². The molecule has 0 N–H and O–H groups in total. The van der Waals surface area contributed by atoms with Crippen LogP contribution in [0.4, 0.5) is 5.69 Å². The van der Waals surface area contributed by atoms with E-state index in [2.05, 4.69) is 16.7 Å². The Morgan fingerprint density at radius 3 is 2.51 bits per heavy atom. The lowest BCUT2D eigenvalue weighted by molar-refractivity contribution is -0.384. The molecule has 188 valence electrons. The summed E-state index contributed by atoms with van der Waals surface area (Å²) in [5.74, 6) is 1.68. The number of halogens is 1. The van der Waals surface area contributed by atoms with Crippen LogP contribution in [0.15, 0.2) is 36.4 Å². The third-order valence-electron chi connectivity index (χ3n) is 7.53. The van der Waals surface area contributed by atoms with Gasteiger partial charge in [0.2, 0.25) is 12.7 Å². The number of carbonyl (C=O) groups excluding carboxylic acids is 1. The predicted octanol–water partition coefficient (Wildman–Crippen LogP) is 4.16. The van der Waals surface area contributed by atoms with Crippen LogP contribution in [-0.2, 0) is 24.1 Å². The topological polar surface area (TPSA) is 85.2 Å². The number of hydrogen-bond acceptors (Lipinski definition) is 6. The van der Waals surface area contributed by atoms with Gasteiger partial charge < -0.3 is 14.4 Å². The quantitative estimate of drug-likeness (QED) is 0.436. The fourth-order valence-corrected chi connectivity index (χ4v) is 5.59. The van der Waals surface area contributed by atoms with Gasteiger partial charge in [-0.2, -0.15) is 0 Å². The second kappa shape index (κ2) is 10.8. The number of piperidine rings is 1. The Hall–Kier alpha value is -2.84. The first-order valence-electron chi connectivity index (χ1n) is 12.2. The summed E-state index contributed by atoms with van der Waals surface area (Å²) in [4.78, 5) is 28.4. The van der Waals surface area contributed by atoms with Gasteiger partial charge in [0, 0.05) is 37.3 Å². The number of non-ortho nitro benzene ring substituents is 1. The number of amides is 1. The molecule has 0 aliphatic carbocycles. The molecule has 0 bridgehead atoms. The van der Waals surface area contributed by atoms with Crippen LogP contribution in [0.1, 0.15) is 42.9 Å². The lowest BCUT2D eigenvalue weighted by atomic mass is 9.94. The van der Waals surface area contributed by atoms with Gasteiger partial charge in [0.15, 0.2) is 11.5 Å². The Balaban J connectivity index is 0.00000289. The molecule has 0 spiro atoms. The van der Waals surface area contributed by atoms with E-state index in [9.17, 15) is 14.9 Å². The van der Waals surface area contributed by atoms with E-state index < -0.39 is 0 Å². The van der Waals surface area contributed by atoms with E-state index in [-0.39, 0.29) is 41.8 Å². The van der Waals surface area contributed by atoms with Crippen molar-refractivity contribution in [3.8, 4) is 11.5 Å². The second-order valence-corrected chi connectivity index (χ2v) is 9.50. The number of hydrogen-bond donors (Lipinski definition) is 0. The Labute approximate surface area is 211 Å². The van der Waals surface area contributed by atoms with Crippen LogP contribution < -0.4 is 9.47 Å². The minimum Gasteiger partial charge on any atom is -0.454 e. The number of nitro benzene ring substituents is 1. The lowest BCUT2D eigenvalue weighted by Crippen LogP contribution is -2.54. The van der Waals surface area contributed by atoms with Crippen molar-refractivity contribution in [2.45, 2.75) is 57.5 Å². The Morgan fingerprint density at radius 2 is 1.80 bits per heavy atom. The fourth-order valence-electron chi connectivity index (χ4n) is 5.59. The van der Waals surface area contributed by atoms with Crippen molar-refractivity contribution in [1.82, 2.24) is 9.80 Å². The maximum absolute atomic E-state index is 13.3. The Kier molecular flexibility index (Phi) is 7.82. The largest absolute Gasteiger partial charge is 0.454 e. The van der Waals surface area contributed by atoms with Crippen LogP contribution in [0.5, 0.6) is 11.5 Å². The molecule has 2 unspecified atom stereocenters. The van der Waals surface area contributed by atoms with Gasteiger partial charge >= 0.3 is 0 Å². The fraction of sp³-hybridized carbons (Fsp3) is 0.500. The van der Waals surface area contributed by atoms with Gasteiger partial charge in [0.1, 0.15) is 0 Å². The highest BCUT2D eigenvalue weighted by molar-refractivity contribution is 5.85. The van der Waals surface area contributed by atoms with E-state index in [1.165, 1.54) is 12.0 Å². The zero-order valence-electron chi connectivity index (χ0n) is 20.0. The molecule has 3 aliphatic rings. The van der Waals surface area contributed by atoms with E-state index >= 15 is 0 Å². The van der Waals surface area contributed by atoms with Crippen molar-refractivity contribution < 1.29 is 19.2 Å². The van der Waals surface area contributed by atoms with Crippen LogP contribution in [0, 0.1) is 10.1 Å². The maximum Gasteiger partial charge on any atom is 0.269 e. The van der Waals surface area contributed by atoms with Crippen molar-refractivity contribution in [2.75, 3.05) is 26.4 Å². The minimum atomic E-state index is -0.365. The van der Waals surface area contributed by atoms with Crippen LogP contribution in [0.2, 0.25) is 0 Å². The number of ether oxygens (including phenoxy) is 2. The molecular weight excluding hydrogens is 470 g/mol. The van der Waals surface area contributed by atoms with E-state index in [0.717, 1.165) is 61.4 Å². The molecule has 2 aromatic rings. The first kappa shape index (κ1) is 25.3. The zero-order chi connectivity index (χ0) is 23.7. The number of likely N-dealkylation sites (tertiary alicyclic amines) is 1. The molecule has 1 amide bonds. The van der Waals surface area contributed by atoms with Gasteiger partial charge in [-0.3, -0.25) is 19.8 Å². The summed E-state index contributed by atoms with van der Waals surface area (Å²) in [7, 11) is 0. The Bertz CT molecular complexity index is 1080. The number of benzene rings is 2. The highest BCUT2D eigenvalue weighted by Crippen LogP contribution is 2.36. The first-order chi connectivity index (χ1) is 16.5. The minimum absolute atomic E-state index is 0. The van der Waals surface area contributed by atoms with Crippen molar-refractivity contribution >= 4 is 24.0 Å². The summed E-state index contributed by atoms with van der Waals surface area (Å²) < 4.78 is 11.1. The molecular formula is C26H32ClN3O5. The summed E-state index contributed by atoms with van der Waals surface area (Å²) in [6.07, 6.45) is 5.46. The maximum atomic E-state index is 13.3. The van der Waals surface area contributed by atoms with Gasteiger partial charge in [-0.15, -0.1) is 12.4 Å². The van der Waals surface area contributed by atoms with Crippen molar-refractivity contribution in [3.63, 3.8) is 0 Å². The number of rotatable bonds is 6. The zero-order valence-corrected chi connectivity index (χ0v) is 20.8. The molecule has 35 heavy (non-hydrogen) atoms. The average molecular weight is 502 g/mol. The van der Waals surface area contributed by atoms with Gasteiger partial charge in [0.05, 0.1) is 11.3 Å².